The molecule has 2 aromatic carbocycles. The summed E-state index contributed by atoms with van der Waals surface area (Å²) >= 11 is 1.69. The lowest BCUT2D eigenvalue weighted by Gasteiger charge is -2.36. The predicted molar refractivity (Wildman–Crippen MR) is 111 cm³/mol. The van der Waals surface area contributed by atoms with Crippen molar-refractivity contribution in [3.05, 3.63) is 64.7 Å². The number of hydrogen-bond acceptors (Lipinski definition) is 4. The van der Waals surface area contributed by atoms with Crippen molar-refractivity contribution < 1.29 is 4.79 Å². The molecule has 3 aromatic rings. The number of piperazine rings is 1. The van der Waals surface area contributed by atoms with Crippen molar-refractivity contribution in [3.63, 3.8) is 0 Å². The number of rotatable bonds is 5. The Balaban J connectivity index is 1.45. The number of aromatic nitrogens is 1. The molecule has 4 rings (SSSR count). The fraction of sp³-hybridized carbons (Fsp3) is 0.364. The molecule has 1 aromatic heterocycles. The van der Waals surface area contributed by atoms with Gasteiger partial charge in [0.2, 0.25) is 5.91 Å². The van der Waals surface area contributed by atoms with Gasteiger partial charge in [-0.1, -0.05) is 43.3 Å². The van der Waals surface area contributed by atoms with Crippen molar-refractivity contribution in [2.75, 3.05) is 19.6 Å². The van der Waals surface area contributed by atoms with E-state index in [9.17, 15) is 4.79 Å². The first-order valence-corrected chi connectivity index (χ1v) is 10.5. The monoisotopic (exact) mass is 379 g/mol. The number of nitrogens with one attached hydrogen (secondary N) is 1. The van der Waals surface area contributed by atoms with Crippen LogP contribution in [0.2, 0.25) is 0 Å². The highest BCUT2D eigenvalue weighted by molar-refractivity contribution is 7.18. The molecule has 140 valence electrons. The minimum absolute atomic E-state index is 0.118. The number of nitrogens with zero attached hydrogens (tertiary/aromatic N) is 2. The third kappa shape index (κ3) is 4.04. The van der Waals surface area contributed by atoms with Crippen LogP contribution in [0.15, 0.2) is 48.5 Å². The fourth-order valence-electron chi connectivity index (χ4n) is 3.66. The van der Waals surface area contributed by atoms with Gasteiger partial charge < -0.3 is 10.2 Å². The van der Waals surface area contributed by atoms with Gasteiger partial charge in [-0.15, -0.1) is 11.3 Å². The molecule has 0 aliphatic carbocycles. The summed E-state index contributed by atoms with van der Waals surface area (Å²) in [6.45, 7) is 4.60. The molecule has 0 bridgehead atoms. The van der Waals surface area contributed by atoms with E-state index in [1.807, 2.05) is 23.1 Å². The summed E-state index contributed by atoms with van der Waals surface area (Å²) in [5.74, 6) is 0.223. The molecule has 4 nitrogen and oxygen atoms in total. The molecule has 5 heteroatoms. The van der Waals surface area contributed by atoms with Gasteiger partial charge in [0.15, 0.2) is 0 Å². The van der Waals surface area contributed by atoms with Crippen LogP contribution >= 0.6 is 11.3 Å². The predicted octanol–water partition coefficient (Wildman–Crippen LogP) is 3.96. The van der Waals surface area contributed by atoms with Crippen LogP contribution in [0.3, 0.4) is 0 Å². The van der Waals surface area contributed by atoms with Gasteiger partial charge in [-0.2, -0.15) is 0 Å². The Bertz CT molecular complexity index is 886. The molecule has 2 heterocycles. The van der Waals surface area contributed by atoms with Crippen molar-refractivity contribution >= 4 is 27.5 Å². The lowest BCUT2D eigenvalue weighted by atomic mass is 10.0. The van der Waals surface area contributed by atoms with Crippen LogP contribution in [0.4, 0.5) is 0 Å². The fourth-order valence-corrected chi connectivity index (χ4v) is 4.63. The molecule has 0 radical (unpaired) electrons. The second kappa shape index (κ2) is 8.19. The zero-order valence-electron chi connectivity index (χ0n) is 15.6. The van der Waals surface area contributed by atoms with Crippen molar-refractivity contribution in [2.24, 2.45) is 0 Å². The molecule has 0 spiro atoms. The molecule has 1 N–H and O–H groups in total. The van der Waals surface area contributed by atoms with E-state index in [-0.39, 0.29) is 11.9 Å². The number of carbonyl (C=O) groups is 1. The van der Waals surface area contributed by atoms with E-state index in [0.29, 0.717) is 12.8 Å². The Hall–Kier alpha value is -2.24. The maximum absolute atomic E-state index is 13.0. The lowest BCUT2D eigenvalue weighted by Crippen LogP contribution is -2.48. The number of hydrogen-bond donors (Lipinski definition) is 1. The Morgan fingerprint density at radius 2 is 2.04 bits per heavy atom. The number of aryl methyl sites for hydroxylation is 2. The Morgan fingerprint density at radius 3 is 2.81 bits per heavy atom. The van der Waals surface area contributed by atoms with Crippen LogP contribution in [0.5, 0.6) is 0 Å². The molecule has 1 unspecified atom stereocenters. The van der Waals surface area contributed by atoms with E-state index >= 15 is 0 Å². The quantitative estimate of drug-likeness (QED) is 0.730. The molecule has 1 saturated heterocycles. The van der Waals surface area contributed by atoms with Crippen LogP contribution in [0.25, 0.3) is 10.2 Å². The summed E-state index contributed by atoms with van der Waals surface area (Å²) in [6, 6.07) is 17.0. The maximum Gasteiger partial charge on any atom is 0.223 e. The molecule has 1 aliphatic rings. The topological polar surface area (TPSA) is 45.2 Å². The zero-order chi connectivity index (χ0) is 18.6. The minimum Gasteiger partial charge on any atom is -0.333 e. The summed E-state index contributed by atoms with van der Waals surface area (Å²) < 4.78 is 1.19. The van der Waals surface area contributed by atoms with Gasteiger partial charge in [0.05, 0.1) is 21.3 Å². The summed E-state index contributed by atoms with van der Waals surface area (Å²) in [5.41, 5.74) is 3.57. The molecule has 0 saturated carbocycles. The van der Waals surface area contributed by atoms with Gasteiger partial charge in [0.1, 0.15) is 0 Å². The molecular formula is C22H25N3OS. The van der Waals surface area contributed by atoms with Crippen molar-refractivity contribution in [3.8, 4) is 0 Å². The average molecular weight is 380 g/mol. The zero-order valence-corrected chi connectivity index (χ0v) is 16.5. The van der Waals surface area contributed by atoms with Crippen molar-refractivity contribution in [2.45, 2.75) is 32.2 Å². The Kier molecular flexibility index (Phi) is 5.50. The van der Waals surface area contributed by atoms with E-state index < -0.39 is 0 Å². The minimum atomic E-state index is 0.118. The standard InChI is InChI=1S/C22H25N3OS/c1-2-16-7-9-17(10-8-16)19-15-23-13-14-25(19)22(26)12-11-21-24-18-5-3-4-6-20(18)27-21/h3-10,19,23H,2,11-15H2,1H3. The van der Waals surface area contributed by atoms with Crippen LogP contribution in [-0.2, 0) is 17.6 Å². The third-order valence-corrected chi connectivity index (χ3v) is 6.32. The first-order chi connectivity index (χ1) is 13.2. The molecule has 1 fully saturated rings. The molecule has 1 amide bonds. The van der Waals surface area contributed by atoms with E-state index in [2.05, 4.69) is 47.6 Å². The summed E-state index contributed by atoms with van der Waals surface area (Å²) in [4.78, 5) is 19.7. The summed E-state index contributed by atoms with van der Waals surface area (Å²) in [5, 5.41) is 4.48. The second-order valence-electron chi connectivity index (χ2n) is 6.98. The number of amides is 1. The van der Waals surface area contributed by atoms with Gasteiger partial charge in [-0.05, 0) is 29.7 Å². The summed E-state index contributed by atoms with van der Waals surface area (Å²) in [6.07, 6.45) is 2.26. The van der Waals surface area contributed by atoms with E-state index in [1.165, 1.54) is 15.8 Å². The van der Waals surface area contributed by atoms with Gasteiger partial charge in [-0.25, -0.2) is 4.98 Å². The lowest BCUT2D eigenvalue weighted by molar-refractivity contribution is -0.134. The highest BCUT2D eigenvalue weighted by Crippen LogP contribution is 2.26. The normalized spacial score (nSPS) is 17.4. The van der Waals surface area contributed by atoms with Gasteiger partial charge >= 0.3 is 0 Å². The molecular weight excluding hydrogens is 354 g/mol. The SMILES string of the molecule is CCc1ccc(C2CNCCN2C(=O)CCc2nc3ccccc3s2)cc1. The van der Waals surface area contributed by atoms with Crippen LogP contribution in [0.1, 0.15) is 35.5 Å². The van der Waals surface area contributed by atoms with Crippen molar-refractivity contribution in [1.82, 2.24) is 15.2 Å². The Labute approximate surface area is 164 Å². The smallest absolute Gasteiger partial charge is 0.223 e. The number of benzene rings is 2. The summed E-state index contributed by atoms with van der Waals surface area (Å²) in [7, 11) is 0. The maximum atomic E-state index is 13.0. The van der Waals surface area contributed by atoms with E-state index in [0.717, 1.165) is 36.6 Å². The molecule has 1 atom stereocenters. The Morgan fingerprint density at radius 1 is 1.22 bits per heavy atom. The van der Waals surface area contributed by atoms with Crippen LogP contribution < -0.4 is 5.32 Å². The molecule has 1 aliphatic heterocycles. The third-order valence-electron chi connectivity index (χ3n) is 5.23. The highest BCUT2D eigenvalue weighted by Gasteiger charge is 2.27. The van der Waals surface area contributed by atoms with Crippen molar-refractivity contribution in [1.29, 1.82) is 0 Å². The number of fused-ring (bicyclic) bond motifs is 1. The molecule has 27 heavy (non-hydrogen) atoms. The first-order valence-electron chi connectivity index (χ1n) is 9.68. The highest BCUT2D eigenvalue weighted by atomic mass is 32.1. The van der Waals surface area contributed by atoms with Gasteiger partial charge in [0.25, 0.3) is 0 Å². The largest absolute Gasteiger partial charge is 0.333 e. The van der Waals surface area contributed by atoms with Gasteiger partial charge in [0, 0.05) is 32.5 Å². The number of carbonyl (C=O) groups excluding carboxylic acids is 1. The average Bonchev–Trinajstić information content (AvgIpc) is 3.15. The number of para-hydroxylation sites is 1. The first kappa shape index (κ1) is 18.1. The van der Waals surface area contributed by atoms with E-state index in [1.54, 1.807) is 11.3 Å². The second-order valence-corrected chi connectivity index (χ2v) is 8.09. The van der Waals surface area contributed by atoms with E-state index in [4.69, 9.17) is 0 Å². The van der Waals surface area contributed by atoms with Crippen LogP contribution in [0, 0.1) is 0 Å². The van der Waals surface area contributed by atoms with Crippen LogP contribution in [-0.4, -0.2) is 35.4 Å². The number of thiazole rings is 1. The van der Waals surface area contributed by atoms with Gasteiger partial charge in [-0.3, -0.25) is 4.79 Å².